The minimum atomic E-state index is 0.356. The third-order valence-corrected chi connectivity index (χ3v) is 8.54. The second-order valence-corrected chi connectivity index (χ2v) is 10.9. The van der Waals surface area contributed by atoms with Crippen LogP contribution in [-0.4, -0.2) is 0 Å². The van der Waals surface area contributed by atoms with E-state index >= 15 is 0 Å². The van der Waals surface area contributed by atoms with Gasteiger partial charge in [0.15, 0.2) is 6.20 Å². The number of benzene rings is 4. The van der Waals surface area contributed by atoms with Crippen LogP contribution in [-0.2, 0) is 7.05 Å². The molecule has 1 aromatic heterocycles. The molecule has 0 bridgehead atoms. The molecule has 4 aromatic carbocycles. The topological polar surface area (TPSA) is 13.1 Å². The lowest BCUT2D eigenvalue weighted by molar-refractivity contribution is -0.659. The first kappa shape index (κ1) is 20.9. The van der Waals surface area contributed by atoms with Crippen molar-refractivity contribution in [2.24, 2.45) is 7.05 Å². The van der Waals surface area contributed by atoms with Crippen molar-refractivity contribution in [3.63, 3.8) is 0 Å². The fourth-order valence-corrected chi connectivity index (χ4v) is 6.98. The summed E-state index contributed by atoms with van der Waals surface area (Å²) in [7, 11) is 2.18. The van der Waals surface area contributed by atoms with Crippen LogP contribution in [0.5, 0.6) is 11.5 Å². The van der Waals surface area contributed by atoms with Crippen LogP contribution in [0.4, 0.5) is 0 Å². The van der Waals surface area contributed by atoms with Gasteiger partial charge in [0.25, 0.3) is 0 Å². The SMILES string of the molecule is Cc1c2c(c(C(C)C)c3ccccc13)Oc1cc3cccc(C4CCCC4)c3c3cc[n+](C)c-2c13. The first-order chi connectivity index (χ1) is 17.0. The summed E-state index contributed by atoms with van der Waals surface area (Å²) in [6.07, 6.45) is 7.55. The van der Waals surface area contributed by atoms with E-state index in [2.05, 4.69) is 93.2 Å². The zero-order valence-electron chi connectivity index (χ0n) is 21.1. The molecule has 0 N–H and O–H groups in total. The van der Waals surface area contributed by atoms with Gasteiger partial charge < -0.3 is 4.74 Å². The van der Waals surface area contributed by atoms with Gasteiger partial charge in [0, 0.05) is 17.0 Å². The van der Waals surface area contributed by atoms with E-state index in [0.717, 1.165) is 11.5 Å². The van der Waals surface area contributed by atoms with Gasteiger partial charge >= 0.3 is 0 Å². The van der Waals surface area contributed by atoms with E-state index in [-0.39, 0.29) is 0 Å². The molecule has 1 fully saturated rings. The molecule has 7 rings (SSSR count). The maximum atomic E-state index is 6.95. The zero-order valence-corrected chi connectivity index (χ0v) is 21.1. The van der Waals surface area contributed by atoms with Crippen LogP contribution < -0.4 is 9.30 Å². The fourth-order valence-electron chi connectivity index (χ4n) is 6.98. The Morgan fingerprint density at radius 2 is 1.66 bits per heavy atom. The van der Waals surface area contributed by atoms with Gasteiger partial charge in [0.1, 0.15) is 18.5 Å². The molecule has 2 aliphatic rings. The van der Waals surface area contributed by atoms with Crippen molar-refractivity contribution < 1.29 is 9.30 Å². The van der Waals surface area contributed by atoms with Crippen LogP contribution in [0.25, 0.3) is 43.6 Å². The standard InChI is InChI=1S/C33H32NO/c1-19(2)28-25-14-8-7-13-23(25)20(3)29-32-31-26(16-17-34(32)4)30-22(18-27(31)35-33(28)29)12-9-15-24(30)21-10-5-6-11-21/h7-9,12-19,21H,5-6,10-11H2,1-4H3/q+1. The number of aryl methyl sites for hydroxylation is 2. The van der Waals surface area contributed by atoms with Crippen molar-refractivity contribution in [1.82, 2.24) is 0 Å². The summed E-state index contributed by atoms with van der Waals surface area (Å²) < 4.78 is 9.25. The van der Waals surface area contributed by atoms with Gasteiger partial charge in [-0.2, -0.15) is 0 Å². The zero-order chi connectivity index (χ0) is 23.8. The maximum absolute atomic E-state index is 6.95. The summed E-state index contributed by atoms with van der Waals surface area (Å²) in [4.78, 5) is 0. The lowest BCUT2D eigenvalue weighted by atomic mass is 9.84. The average molecular weight is 459 g/mol. The smallest absolute Gasteiger partial charge is 0.228 e. The number of aromatic nitrogens is 1. The summed E-state index contributed by atoms with van der Waals surface area (Å²) in [5, 5.41) is 7.94. The van der Waals surface area contributed by atoms with E-state index in [4.69, 9.17) is 4.74 Å². The molecule has 0 amide bonds. The molecule has 5 aromatic rings. The number of nitrogens with zero attached hydrogens (tertiary/aromatic N) is 1. The van der Waals surface area contributed by atoms with E-state index < -0.39 is 0 Å². The highest BCUT2D eigenvalue weighted by molar-refractivity contribution is 6.17. The minimum absolute atomic E-state index is 0.356. The Balaban J connectivity index is 1.66. The summed E-state index contributed by atoms with van der Waals surface area (Å²) in [5.41, 5.74) is 6.68. The Morgan fingerprint density at radius 3 is 2.43 bits per heavy atom. The minimum Gasteiger partial charge on any atom is -0.455 e. The number of hydrogen-bond acceptors (Lipinski definition) is 1. The molecule has 2 heterocycles. The molecule has 1 saturated carbocycles. The lowest BCUT2D eigenvalue weighted by Gasteiger charge is -2.27. The Bertz CT molecular complexity index is 1670. The van der Waals surface area contributed by atoms with Gasteiger partial charge in [-0.3, -0.25) is 0 Å². The average Bonchev–Trinajstić information content (AvgIpc) is 3.40. The second kappa shape index (κ2) is 7.55. The van der Waals surface area contributed by atoms with Crippen LogP contribution in [0.2, 0.25) is 0 Å². The molecular weight excluding hydrogens is 426 g/mol. The predicted molar refractivity (Wildman–Crippen MR) is 146 cm³/mol. The van der Waals surface area contributed by atoms with Crippen LogP contribution in [0.3, 0.4) is 0 Å². The van der Waals surface area contributed by atoms with Crippen molar-refractivity contribution >= 4 is 32.3 Å². The molecule has 0 unspecified atom stereocenters. The van der Waals surface area contributed by atoms with Crippen molar-refractivity contribution in [3.05, 3.63) is 77.5 Å². The highest BCUT2D eigenvalue weighted by atomic mass is 16.5. The number of fused-ring (bicyclic) bond motifs is 5. The van der Waals surface area contributed by atoms with E-state index in [0.29, 0.717) is 11.8 Å². The first-order valence-electron chi connectivity index (χ1n) is 13.2. The van der Waals surface area contributed by atoms with Gasteiger partial charge in [-0.05, 0) is 70.3 Å². The Kier molecular flexibility index (Phi) is 4.52. The summed E-state index contributed by atoms with van der Waals surface area (Å²) in [6.45, 7) is 6.83. The van der Waals surface area contributed by atoms with Crippen LogP contribution in [0.1, 0.15) is 68.1 Å². The molecule has 174 valence electrons. The van der Waals surface area contributed by atoms with Crippen LogP contribution in [0.15, 0.2) is 60.8 Å². The molecule has 2 heteroatoms. The third kappa shape index (κ3) is 2.86. The molecule has 0 saturated heterocycles. The summed E-state index contributed by atoms with van der Waals surface area (Å²) in [6, 6.07) is 20.3. The summed E-state index contributed by atoms with van der Waals surface area (Å²) >= 11 is 0. The molecule has 0 atom stereocenters. The molecule has 35 heavy (non-hydrogen) atoms. The van der Waals surface area contributed by atoms with E-state index in [9.17, 15) is 0 Å². The van der Waals surface area contributed by atoms with Gasteiger partial charge in [-0.25, -0.2) is 4.57 Å². The molecule has 1 aliphatic carbocycles. The van der Waals surface area contributed by atoms with Crippen LogP contribution >= 0.6 is 0 Å². The highest BCUT2D eigenvalue weighted by Crippen LogP contribution is 2.54. The monoisotopic (exact) mass is 458 g/mol. The maximum Gasteiger partial charge on any atom is 0.228 e. The highest BCUT2D eigenvalue weighted by Gasteiger charge is 2.34. The van der Waals surface area contributed by atoms with Gasteiger partial charge in [0.2, 0.25) is 5.69 Å². The van der Waals surface area contributed by atoms with Crippen LogP contribution in [0, 0.1) is 6.92 Å². The number of ether oxygens (including phenoxy) is 1. The first-order valence-corrected chi connectivity index (χ1v) is 13.2. The Hall–Kier alpha value is -3.39. The number of pyridine rings is 1. The molecule has 1 aliphatic heterocycles. The van der Waals surface area contributed by atoms with Gasteiger partial charge in [-0.1, -0.05) is 69.2 Å². The van der Waals surface area contributed by atoms with Gasteiger partial charge in [-0.15, -0.1) is 0 Å². The number of hydrogen-bond donors (Lipinski definition) is 0. The van der Waals surface area contributed by atoms with E-state index in [1.54, 1.807) is 0 Å². The summed E-state index contributed by atoms with van der Waals surface area (Å²) in [5.74, 6) is 3.05. The molecule has 0 spiro atoms. The Labute approximate surface area is 207 Å². The van der Waals surface area contributed by atoms with Crippen molar-refractivity contribution in [1.29, 1.82) is 0 Å². The Morgan fingerprint density at radius 1 is 0.886 bits per heavy atom. The van der Waals surface area contributed by atoms with Crippen molar-refractivity contribution in [2.45, 2.75) is 58.3 Å². The van der Waals surface area contributed by atoms with E-state index in [1.807, 2.05) is 0 Å². The molecule has 2 nitrogen and oxygen atoms in total. The van der Waals surface area contributed by atoms with E-state index in [1.165, 1.54) is 85.9 Å². The number of rotatable bonds is 2. The second-order valence-electron chi connectivity index (χ2n) is 10.9. The lowest BCUT2D eigenvalue weighted by Crippen LogP contribution is -2.32. The third-order valence-electron chi connectivity index (χ3n) is 8.54. The molecular formula is C33H32NO+. The molecule has 0 radical (unpaired) electrons. The predicted octanol–water partition coefficient (Wildman–Crippen LogP) is 8.83. The quantitative estimate of drug-likeness (QED) is 0.187. The normalized spacial score (nSPS) is 15.3. The van der Waals surface area contributed by atoms with Gasteiger partial charge in [0.05, 0.1) is 10.9 Å². The van der Waals surface area contributed by atoms with Crippen molar-refractivity contribution in [2.75, 3.05) is 0 Å². The fraction of sp³-hybridized carbons (Fsp3) is 0.303. The van der Waals surface area contributed by atoms with Crippen molar-refractivity contribution in [3.8, 4) is 22.8 Å². The largest absolute Gasteiger partial charge is 0.455 e.